The third-order valence-electron chi connectivity index (χ3n) is 2.34. The van der Waals surface area contributed by atoms with Crippen molar-refractivity contribution in [3.05, 3.63) is 33.9 Å². The summed E-state index contributed by atoms with van der Waals surface area (Å²) in [6, 6.07) is 6.47. The third kappa shape index (κ3) is 2.70. The Kier molecular flexibility index (Phi) is 3.84. The Bertz CT molecular complexity index is 437. The molecule has 0 amide bonds. The van der Waals surface area contributed by atoms with Crippen LogP contribution in [0.3, 0.4) is 0 Å². The van der Waals surface area contributed by atoms with Gasteiger partial charge in [0, 0.05) is 12.1 Å². The third-order valence-corrected chi connectivity index (χ3v) is 2.34. The molecule has 84 valence electrons. The quantitative estimate of drug-likeness (QED) is 0.623. The molecule has 1 atom stereocenters. The van der Waals surface area contributed by atoms with E-state index in [4.69, 9.17) is 5.26 Å². The van der Waals surface area contributed by atoms with E-state index in [1.807, 2.05) is 19.9 Å². The van der Waals surface area contributed by atoms with Gasteiger partial charge in [-0.3, -0.25) is 10.1 Å². The lowest BCUT2D eigenvalue weighted by atomic mass is 10.1. The van der Waals surface area contributed by atoms with Gasteiger partial charge in [0.25, 0.3) is 5.69 Å². The molecule has 0 fully saturated rings. The van der Waals surface area contributed by atoms with Gasteiger partial charge in [0.15, 0.2) is 0 Å². The smallest absolute Gasteiger partial charge is 0.293 e. The van der Waals surface area contributed by atoms with E-state index in [0.29, 0.717) is 11.3 Å². The van der Waals surface area contributed by atoms with Crippen LogP contribution in [-0.4, -0.2) is 11.0 Å². The van der Waals surface area contributed by atoms with Crippen molar-refractivity contribution < 1.29 is 4.92 Å². The summed E-state index contributed by atoms with van der Waals surface area (Å²) in [4.78, 5) is 10.3. The highest BCUT2D eigenvalue weighted by Gasteiger charge is 2.15. The van der Waals surface area contributed by atoms with Gasteiger partial charge in [-0.2, -0.15) is 5.26 Å². The number of nitro groups is 1. The maximum atomic E-state index is 10.8. The van der Waals surface area contributed by atoms with Crippen molar-refractivity contribution in [2.45, 2.75) is 26.3 Å². The van der Waals surface area contributed by atoms with Crippen LogP contribution in [0.1, 0.15) is 25.8 Å². The van der Waals surface area contributed by atoms with Crippen LogP contribution in [0.15, 0.2) is 18.2 Å². The summed E-state index contributed by atoms with van der Waals surface area (Å²) in [6.45, 7) is 3.94. The number of hydrogen-bond donors (Lipinski definition) is 1. The van der Waals surface area contributed by atoms with E-state index in [1.54, 1.807) is 12.1 Å². The van der Waals surface area contributed by atoms with Gasteiger partial charge in [-0.25, -0.2) is 0 Å². The molecule has 1 rings (SSSR count). The number of nitriles is 1. The highest BCUT2D eigenvalue weighted by molar-refractivity contribution is 5.64. The summed E-state index contributed by atoms with van der Waals surface area (Å²) in [5.41, 5.74) is 0.694. The molecule has 5 heteroatoms. The van der Waals surface area contributed by atoms with Crippen molar-refractivity contribution in [1.29, 1.82) is 5.26 Å². The zero-order valence-corrected chi connectivity index (χ0v) is 9.23. The van der Waals surface area contributed by atoms with E-state index in [-0.39, 0.29) is 11.7 Å². The SMILES string of the molecule is CC[C@H](C)Nc1ccc(C#N)cc1[N+](=O)[O-]. The van der Waals surface area contributed by atoms with Gasteiger partial charge in [0.1, 0.15) is 5.69 Å². The van der Waals surface area contributed by atoms with Crippen molar-refractivity contribution in [2.75, 3.05) is 5.32 Å². The van der Waals surface area contributed by atoms with Crippen molar-refractivity contribution in [3.8, 4) is 6.07 Å². The molecule has 1 aromatic rings. The van der Waals surface area contributed by atoms with Crippen LogP contribution in [0, 0.1) is 21.4 Å². The maximum absolute atomic E-state index is 10.8. The van der Waals surface area contributed by atoms with Gasteiger partial charge >= 0.3 is 0 Å². The van der Waals surface area contributed by atoms with Gasteiger partial charge in [-0.15, -0.1) is 0 Å². The van der Waals surface area contributed by atoms with Crippen molar-refractivity contribution >= 4 is 11.4 Å². The first kappa shape index (κ1) is 12.0. The maximum Gasteiger partial charge on any atom is 0.293 e. The average molecular weight is 219 g/mol. The van der Waals surface area contributed by atoms with Crippen LogP contribution < -0.4 is 5.32 Å². The largest absolute Gasteiger partial charge is 0.377 e. The normalized spacial score (nSPS) is 11.6. The first-order valence-electron chi connectivity index (χ1n) is 5.03. The molecule has 0 heterocycles. The average Bonchev–Trinajstić information content (AvgIpc) is 2.29. The Balaban J connectivity index is 3.09. The predicted molar refractivity (Wildman–Crippen MR) is 61.2 cm³/mol. The van der Waals surface area contributed by atoms with E-state index in [1.165, 1.54) is 6.07 Å². The lowest BCUT2D eigenvalue weighted by Crippen LogP contribution is -2.14. The molecule has 0 aliphatic heterocycles. The lowest BCUT2D eigenvalue weighted by molar-refractivity contribution is -0.384. The summed E-state index contributed by atoms with van der Waals surface area (Å²) < 4.78 is 0. The number of nitro benzene ring substituents is 1. The second kappa shape index (κ2) is 5.12. The summed E-state index contributed by atoms with van der Waals surface area (Å²) in [5, 5.41) is 22.5. The van der Waals surface area contributed by atoms with Crippen molar-refractivity contribution in [1.82, 2.24) is 0 Å². The Hall–Kier alpha value is -2.09. The molecule has 5 nitrogen and oxygen atoms in total. The molecule has 0 unspecified atom stereocenters. The molecular weight excluding hydrogens is 206 g/mol. The molecule has 1 N–H and O–H groups in total. The minimum absolute atomic E-state index is 0.0562. The van der Waals surface area contributed by atoms with Crippen LogP contribution in [-0.2, 0) is 0 Å². The fraction of sp³-hybridized carbons (Fsp3) is 0.364. The fourth-order valence-electron chi connectivity index (χ4n) is 1.24. The monoisotopic (exact) mass is 219 g/mol. The van der Waals surface area contributed by atoms with E-state index in [9.17, 15) is 10.1 Å². The topological polar surface area (TPSA) is 79.0 Å². The lowest BCUT2D eigenvalue weighted by Gasteiger charge is -2.12. The van der Waals surface area contributed by atoms with Crippen molar-refractivity contribution in [3.63, 3.8) is 0 Å². The number of nitrogens with one attached hydrogen (secondary N) is 1. The van der Waals surface area contributed by atoms with Gasteiger partial charge < -0.3 is 5.32 Å². The molecule has 0 saturated heterocycles. The van der Waals surface area contributed by atoms with Crippen LogP contribution >= 0.6 is 0 Å². The molecule has 0 radical (unpaired) electrons. The molecule has 1 aromatic carbocycles. The zero-order valence-electron chi connectivity index (χ0n) is 9.23. The number of benzene rings is 1. The molecule has 16 heavy (non-hydrogen) atoms. The highest BCUT2D eigenvalue weighted by Crippen LogP contribution is 2.26. The Morgan fingerprint density at radius 1 is 1.62 bits per heavy atom. The summed E-state index contributed by atoms with van der Waals surface area (Å²) in [6.07, 6.45) is 0.872. The Morgan fingerprint density at radius 2 is 2.31 bits per heavy atom. The molecule has 0 bridgehead atoms. The van der Waals surface area contributed by atoms with E-state index in [0.717, 1.165) is 6.42 Å². The number of rotatable bonds is 4. The van der Waals surface area contributed by atoms with Crippen molar-refractivity contribution in [2.24, 2.45) is 0 Å². The zero-order chi connectivity index (χ0) is 12.1. The first-order valence-corrected chi connectivity index (χ1v) is 5.03. The van der Waals surface area contributed by atoms with Crippen LogP contribution in [0.2, 0.25) is 0 Å². The van der Waals surface area contributed by atoms with Crippen LogP contribution in [0.25, 0.3) is 0 Å². The number of nitrogens with zero attached hydrogens (tertiary/aromatic N) is 2. The summed E-state index contributed by atoms with van der Waals surface area (Å²) in [7, 11) is 0. The number of hydrogen-bond acceptors (Lipinski definition) is 4. The highest BCUT2D eigenvalue weighted by atomic mass is 16.6. The summed E-state index contributed by atoms with van der Waals surface area (Å²) in [5.74, 6) is 0. The first-order chi connectivity index (χ1) is 7.58. The molecule has 0 aliphatic carbocycles. The molecular formula is C11H13N3O2. The minimum Gasteiger partial charge on any atom is -0.377 e. The molecule has 0 aromatic heterocycles. The van der Waals surface area contributed by atoms with E-state index < -0.39 is 4.92 Å². The Morgan fingerprint density at radius 3 is 2.81 bits per heavy atom. The predicted octanol–water partition coefficient (Wildman–Crippen LogP) is 2.68. The summed E-state index contributed by atoms with van der Waals surface area (Å²) >= 11 is 0. The fourth-order valence-corrected chi connectivity index (χ4v) is 1.24. The van der Waals surface area contributed by atoms with Gasteiger partial charge in [-0.05, 0) is 25.5 Å². The molecule has 0 spiro atoms. The standard InChI is InChI=1S/C11H13N3O2/c1-3-8(2)13-10-5-4-9(7-12)6-11(10)14(15)16/h4-6,8,13H,3H2,1-2H3/t8-/m0/s1. The molecule has 0 aliphatic rings. The van der Waals surface area contributed by atoms with E-state index >= 15 is 0 Å². The minimum atomic E-state index is -0.481. The second-order valence-electron chi connectivity index (χ2n) is 3.55. The van der Waals surface area contributed by atoms with Gasteiger partial charge in [-0.1, -0.05) is 6.92 Å². The van der Waals surface area contributed by atoms with Gasteiger partial charge in [0.05, 0.1) is 16.6 Å². The Labute approximate surface area is 93.9 Å². The number of anilines is 1. The van der Waals surface area contributed by atoms with Crippen LogP contribution in [0.5, 0.6) is 0 Å². The van der Waals surface area contributed by atoms with E-state index in [2.05, 4.69) is 5.32 Å². The van der Waals surface area contributed by atoms with Gasteiger partial charge in [0.2, 0.25) is 0 Å². The molecule has 0 saturated carbocycles. The second-order valence-corrected chi connectivity index (χ2v) is 3.55. The van der Waals surface area contributed by atoms with Crippen LogP contribution in [0.4, 0.5) is 11.4 Å².